The topological polar surface area (TPSA) is 74.6 Å². The summed E-state index contributed by atoms with van der Waals surface area (Å²) in [5, 5.41) is 20.2. The Balaban J connectivity index is 0.000000169. The molecule has 6 aliphatic rings. The van der Waals surface area contributed by atoms with Gasteiger partial charge in [0.2, 0.25) is 0 Å². The predicted octanol–water partition coefficient (Wildman–Crippen LogP) is 12.3. The number of carbonyl (C=O) groups is 2. The number of phenolic OH excluding ortho intramolecular Hbond substituents is 2. The zero-order chi connectivity index (χ0) is 39.2. The number of alkyl halides is 4. The molecule has 12 atom stereocenters. The minimum atomic E-state index is -1.01. The van der Waals surface area contributed by atoms with Gasteiger partial charge in [-0.1, -0.05) is 51.7 Å². The molecule has 6 aliphatic carbocycles. The first kappa shape index (κ1) is 41.5. The zero-order valence-corrected chi connectivity index (χ0v) is 35.6. The average molecular weight is 865 g/mol. The third-order valence-corrected chi connectivity index (χ3v) is 17.0. The van der Waals surface area contributed by atoms with Crippen LogP contribution in [0.4, 0.5) is 8.78 Å². The lowest BCUT2D eigenvalue weighted by Crippen LogP contribution is -2.50. The van der Waals surface area contributed by atoms with Gasteiger partial charge in [-0.3, -0.25) is 9.59 Å². The van der Waals surface area contributed by atoms with Gasteiger partial charge in [0.25, 0.3) is 0 Å². The highest BCUT2D eigenvalue weighted by Crippen LogP contribution is 2.64. The van der Waals surface area contributed by atoms with E-state index in [1.807, 2.05) is 32.0 Å². The fraction of sp³-hybridized carbons (Fsp3) is 0.696. The zero-order valence-electron chi connectivity index (χ0n) is 32.5. The molecule has 55 heavy (non-hydrogen) atoms. The van der Waals surface area contributed by atoms with Gasteiger partial charge in [0.1, 0.15) is 35.4 Å². The monoisotopic (exact) mass is 862 g/mol. The summed E-state index contributed by atoms with van der Waals surface area (Å²) in [6.07, 6.45) is 12.0. The molecule has 2 aromatic carbocycles. The number of benzene rings is 2. The molecule has 2 aromatic rings. The van der Waals surface area contributed by atoms with Crippen molar-refractivity contribution >= 4 is 50.7 Å². The molecule has 302 valence electrons. The molecule has 9 heteroatoms. The Bertz CT molecular complexity index is 1740. The predicted molar refractivity (Wildman–Crippen MR) is 220 cm³/mol. The first-order chi connectivity index (χ1) is 26.3. The van der Waals surface area contributed by atoms with Gasteiger partial charge in [-0.25, -0.2) is 8.78 Å². The number of hydrogen-bond acceptors (Lipinski definition) is 4. The lowest BCUT2D eigenvalue weighted by molar-refractivity contribution is -0.133. The molecule has 0 saturated heterocycles. The lowest BCUT2D eigenvalue weighted by atomic mass is 9.51. The van der Waals surface area contributed by atoms with Crippen LogP contribution in [-0.2, 0) is 22.4 Å². The maximum absolute atomic E-state index is 15.7. The van der Waals surface area contributed by atoms with Crippen LogP contribution in [0.3, 0.4) is 0 Å². The number of hydrogen-bond donors (Lipinski definition) is 2. The minimum Gasteiger partial charge on any atom is -0.508 e. The Kier molecular flexibility index (Phi) is 12.7. The van der Waals surface area contributed by atoms with Gasteiger partial charge in [0.05, 0.1) is 4.47 Å². The summed E-state index contributed by atoms with van der Waals surface area (Å²) in [5.41, 5.74) is 3.31. The summed E-state index contributed by atoms with van der Waals surface area (Å²) in [6.45, 7) is 4.04. The number of unbranched alkanes of at least 4 members (excludes halogenated alkanes) is 4. The van der Waals surface area contributed by atoms with E-state index >= 15 is 8.78 Å². The van der Waals surface area contributed by atoms with Crippen molar-refractivity contribution in [1.29, 1.82) is 0 Å². The van der Waals surface area contributed by atoms with Crippen molar-refractivity contribution in [3.8, 4) is 11.5 Å². The third kappa shape index (κ3) is 7.56. The van der Waals surface area contributed by atoms with Crippen molar-refractivity contribution in [2.75, 3.05) is 11.8 Å². The number of Topliss-reactive ketones (excluding diaryl/α,β-unsaturated/α-hetero) is 2. The molecule has 0 amide bonds. The number of aromatic hydroxyl groups is 2. The largest absolute Gasteiger partial charge is 0.508 e. The van der Waals surface area contributed by atoms with E-state index in [1.165, 1.54) is 0 Å². The normalized spacial score (nSPS) is 37.1. The molecule has 0 heterocycles. The summed E-state index contributed by atoms with van der Waals surface area (Å²) < 4.78 is 31.9. The summed E-state index contributed by atoms with van der Waals surface area (Å²) in [4.78, 5) is 25.3. The van der Waals surface area contributed by atoms with Crippen molar-refractivity contribution in [1.82, 2.24) is 0 Å². The fourth-order valence-corrected chi connectivity index (χ4v) is 14.0. The first-order valence-electron chi connectivity index (χ1n) is 21.1. The van der Waals surface area contributed by atoms with Crippen LogP contribution in [0.25, 0.3) is 0 Å². The minimum absolute atomic E-state index is 0.128. The highest BCUT2D eigenvalue weighted by Gasteiger charge is 2.61. The third-order valence-electron chi connectivity index (χ3n) is 15.6. The van der Waals surface area contributed by atoms with Gasteiger partial charge in [0.15, 0.2) is 0 Å². The Morgan fingerprint density at radius 1 is 0.727 bits per heavy atom. The van der Waals surface area contributed by atoms with Crippen LogP contribution < -0.4 is 0 Å². The highest BCUT2D eigenvalue weighted by molar-refractivity contribution is 9.10. The molecule has 2 N–H and O–H groups in total. The smallest absolute Gasteiger partial charge is 0.139 e. The second-order valence-corrected chi connectivity index (χ2v) is 20.0. The maximum atomic E-state index is 15.7. The van der Waals surface area contributed by atoms with Crippen LogP contribution in [-0.4, -0.2) is 45.9 Å². The summed E-state index contributed by atoms with van der Waals surface area (Å²) in [7, 11) is 0. The highest BCUT2D eigenvalue weighted by atomic mass is 79.9. The second kappa shape index (κ2) is 16.9. The van der Waals surface area contributed by atoms with Crippen molar-refractivity contribution in [3.63, 3.8) is 0 Å². The summed E-state index contributed by atoms with van der Waals surface area (Å²) in [6, 6.07) is 9.05. The van der Waals surface area contributed by atoms with E-state index in [-0.39, 0.29) is 52.7 Å². The number of fused-ring (bicyclic) bond motifs is 10. The Labute approximate surface area is 345 Å². The number of phenols is 2. The van der Waals surface area contributed by atoms with Crippen LogP contribution in [0.5, 0.6) is 11.5 Å². The van der Waals surface area contributed by atoms with Crippen LogP contribution in [0.1, 0.15) is 138 Å². The van der Waals surface area contributed by atoms with Gasteiger partial charge in [-0.05, 0) is 156 Å². The molecule has 0 bridgehead atoms. The molecule has 0 aromatic heterocycles. The molecular formula is C46H59BrCl2F2O4. The molecule has 4 nitrogen and oxygen atoms in total. The number of halogens is 5. The molecule has 4 fully saturated rings. The quantitative estimate of drug-likeness (QED) is 0.184. The fourth-order valence-electron chi connectivity index (χ4n) is 13.1. The van der Waals surface area contributed by atoms with Gasteiger partial charge < -0.3 is 10.2 Å². The average Bonchev–Trinajstić information content (AvgIpc) is 3.62. The van der Waals surface area contributed by atoms with Crippen LogP contribution in [0, 0.1) is 46.3 Å². The Hall–Kier alpha value is -1.70. The van der Waals surface area contributed by atoms with E-state index in [0.29, 0.717) is 55.2 Å². The van der Waals surface area contributed by atoms with E-state index in [0.717, 1.165) is 104 Å². The second-order valence-electron chi connectivity index (χ2n) is 18.5. The summed E-state index contributed by atoms with van der Waals surface area (Å²) in [5.74, 6) is 3.84. The SMILES string of the molecule is C[C@]12C[C@H](F)C3c4ccc(O)c(Br)c4CC(CCCCCCl)C3C1CCC2=O.C[C@]12C[C@H](F)C3c4ccc(O)cc4CC(CCCCCCl)C3C1CCC2=O. The number of ketones is 2. The number of rotatable bonds is 10. The van der Waals surface area contributed by atoms with E-state index in [4.69, 9.17) is 23.2 Å². The number of carbonyl (C=O) groups excluding carboxylic acids is 2. The summed E-state index contributed by atoms with van der Waals surface area (Å²) >= 11 is 15.2. The van der Waals surface area contributed by atoms with Crippen LogP contribution >= 0.6 is 39.1 Å². The van der Waals surface area contributed by atoms with Gasteiger partial charge in [0, 0.05) is 47.3 Å². The van der Waals surface area contributed by atoms with Crippen LogP contribution in [0.2, 0.25) is 0 Å². The Morgan fingerprint density at radius 3 is 1.78 bits per heavy atom. The molecule has 4 saturated carbocycles. The molecule has 0 radical (unpaired) electrons. The van der Waals surface area contributed by atoms with Crippen molar-refractivity contribution in [3.05, 3.63) is 57.1 Å². The molecule has 0 aliphatic heterocycles. The Morgan fingerprint density at radius 2 is 1.24 bits per heavy atom. The van der Waals surface area contributed by atoms with E-state index in [2.05, 4.69) is 15.9 Å². The first-order valence-corrected chi connectivity index (χ1v) is 23.0. The van der Waals surface area contributed by atoms with Crippen molar-refractivity contribution in [2.45, 2.75) is 141 Å². The standard InChI is InChI=1S/C23H29BrClFO2.C23H30ClFO2/c1-23-12-17(26)21-14-6-8-18(27)22(24)15(14)11-13(5-3-2-4-10-25)20(21)16(23)7-9-19(23)28;1-23-13-19(25)22-17-7-6-16(26)12-15(17)11-14(5-3-2-4-10-24)21(22)18(23)8-9-20(23)27/h6,8,13,16-17,20-21,27H,2-5,7,9-12H2,1H3;6-7,12,14,18-19,21-22,26H,2-5,8-11,13H2,1H3/t13?,16?,17-,20?,21?,23-;14?,18?,19-,21?,22?,23-/m00/s1. The van der Waals surface area contributed by atoms with E-state index < -0.39 is 23.2 Å². The van der Waals surface area contributed by atoms with Crippen molar-refractivity contribution in [2.24, 2.45) is 46.3 Å². The van der Waals surface area contributed by atoms with Gasteiger partial charge >= 0.3 is 0 Å². The molecule has 8 rings (SSSR count). The van der Waals surface area contributed by atoms with E-state index in [1.54, 1.807) is 12.1 Å². The van der Waals surface area contributed by atoms with Crippen molar-refractivity contribution < 1.29 is 28.6 Å². The van der Waals surface area contributed by atoms with E-state index in [9.17, 15) is 19.8 Å². The molecule has 0 spiro atoms. The van der Waals surface area contributed by atoms with Crippen LogP contribution in [0.15, 0.2) is 34.8 Å². The lowest BCUT2D eigenvalue weighted by Gasteiger charge is -2.53. The maximum Gasteiger partial charge on any atom is 0.139 e. The van der Waals surface area contributed by atoms with Gasteiger partial charge in [-0.2, -0.15) is 0 Å². The van der Waals surface area contributed by atoms with Gasteiger partial charge in [-0.15, -0.1) is 23.2 Å². The molecule has 8 unspecified atom stereocenters. The molecular weight excluding hydrogens is 805 g/mol.